The molecule has 2 heterocycles. The van der Waals surface area contributed by atoms with Gasteiger partial charge in [-0.3, -0.25) is 19.4 Å². The lowest BCUT2D eigenvalue weighted by Crippen LogP contribution is -2.47. The number of rotatable bonds is 5. The third kappa shape index (κ3) is 3.34. The Labute approximate surface area is 163 Å². The molecule has 5 nitrogen and oxygen atoms in total. The molecule has 0 spiro atoms. The van der Waals surface area contributed by atoms with Crippen LogP contribution in [0.25, 0.3) is 0 Å². The number of para-hydroxylation sites is 1. The highest BCUT2D eigenvalue weighted by Crippen LogP contribution is 2.43. The van der Waals surface area contributed by atoms with Crippen molar-refractivity contribution in [1.29, 1.82) is 0 Å². The Balaban J connectivity index is 1.61. The average molecular weight is 382 g/mol. The molecule has 0 aliphatic carbocycles. The maximum atomic E-state index is 13.2. The van der Waals surface area contributed by atoms with Crippen molar-refractivity contribution in [2.75, 3.05) is 24.7 Å². The molecular weight excluding hydrogens is 359 g/mol. The van der Waals surface area contributed by atoms with E-state index >= 15 is 0 Å². The molecule has 146 valence electrons. The first-order chi connectivity index (χ1) is 13.5. The molecule has 2 aliphatic heterocycles. The van der Waals surface area contributed by atoms with E-state index < -0.39 is 23.1 Å². The van der Waals surface area contributed by atoms with Gasteiger partial charge in [0.15, 0.2) is 11.4 Å². The van der Waals surface area contributed by atoms with Crippen LogP contribution < -0.4 is 4.90 Å². The van der Waals surface area contributed by atoms with E-state index in [-0.39, 0.29) is 12.0 Å². The van der Waals surface area contributed by atoms with Gasteiger partial charge in [-0.2, -0.15) is 0 Å². The summed E-state index contributed by atoms with van der Waals surface area (Å²) in [5.41, 5.74) is -0.535. The summed E-state index contributed by atoms with van der Waals surface area (Å²) in [7, 11) is 0. The molecule has 0 aromatic heterocycles. The lowest BCUT2D eigenvalue weighted by atomic mass is 9.88. The van der Waals surface area contributed by atoms with Crippen LogP contribution in [-0.2, 0) is 10.4 Å². The highest BCUT2D eigenvalue weighted by molar-refractivity contribution is 6.10. The Kier molecular flexibility index (Phi) is 5.00. The van der Waals surface area contributed by atoms with Gasteiger partial charge in [0.2, 0.25) is 0 Å². The highest BCUT2D eigenvalue weighted by atomic mass is 19.1. The molecule has 4 rings (SSSR count). The summed E-state index contributed by atoms with van der Waals surface area (Å²) in [6.45, 7) is 2.24. The van der Waals surface area contributed by atoms with Crippen LogP contribution in [0.2, 0.25) is 0 Å². The fourth-order valence-corrected chi connectivity index (χ4v) is 4.09. The first-order valence-corrected chi connectivity index (χ1v) is 9.64. The Morgan fingerprint density at radius 3 is 2.43 bits per heavy atom. The van der Waals surface area contributed by atoms with Gasteiger partial charge < -0.3 is 5.11 Å². The zero-order valence-electron chi connectivity index (χ0n) is 15.6. The third-order valence-electron chi connectivity index (χ3n) is 5.61. The Morgan fingerprint density at radius 2 is 1.71 bits per heavy atom. The molecule has 2 aromatic rings. The van der Waals surface area contributed by atoms with Gasteiger partial charge in [0.1, 0.15) is 5.82 Å². The van der Waals surface area contributed by atoms with Crippen molar-refractivity contribution in [3.05, 3.63) is 65.5 Å². The molecule has 2 aliphatic rings. The Bertz CT molecular complexity index is 893. The number of nitrogens with zero attached hydrogens (tertiary/aromatic N) is 2. The van der Waals surface area contributed by atoms with Crippen LogP contribution in [0.5, 0.6) is 0 Å². The van der Waals surface area contributed by atoms with Crippen LogP contribution in [0.4, 0.5) is 10.1 Å². The lowest BCUT2D eigenvalue weighted by Gasteiger charge is -2.31. The van der Waals surface area contributed by atoms with Gasteiger partial charge in [-0.1, -0.05) is 24.6 Å². The minimum absolute atomic E-state index is 0.273. The first-order valence-electron chi connectivity index (χ1n) is 9.64. The van der Waals surface area contributed by atoms with Crippen LogP contribution in [0.1, 0.15) is 41.6 Å². The van der Waals surface area contributed by atoms with Crippen LogP contribution >= 0.6 is 0 Å². The molecule has 1 amide bonds. The summed E-state index contributed by atoms with van der Waals surface area (Å²) in [4.78, 5) is 29.7. The van der Waals surface area contributed by atoms with Gasteiger partial charge in [-0.05, 0) is 56.3 Å². The van der Waals surface area contributed by atoms with Crippen LogP contribution in [0.3, 0.4) is 0 Å². The molecule has 1 unspecified atom stereocenters. The van der Waals surface area contributed by atoms with Gasteiger partial charge >= 0.3 is 0 Å². The number of piperidine rings is 1. The number of likely N-dealkylation sites (tertiary alicyclic amines) is 1. The van der Waals surface area contributed by atoms with Crippen molar-refractivity contribution < 1.29 is 19.1 Å². The third-order valence-corrected chi connectivity index (χ3v) is 5.61. The number of carbonyl (C=O) groups is 2. The van der Waals surface area contributed by atoms with Gasteiger partial charge in [-0.25, -0.2) is 4.39 Å². The fourth-order valence-electron chi connectivity index (χ4n) is 4.09. The quantitative estimate of drug-likeness (QED) is 0.808. The maximum Gasteiger partial charge on any atom is 0.265 e. The number of amides is 1. The van der Waals surface area contributed by atoms with Crippen LogP contribution in [0, 0.1) is 5.82 Å². The second-order valence-corrected chi connectivity index (χ2v) is 7.54. The second-order valence-electron chi connectivity index (χ2n) is 7.54. The number of Topliss-reactive ketones (excluding diaryl/α,β-unsaturated/α-hetero) is 1. The minimum atomic E-state index is -1.90. The number of ketones is 1. The van der Waals surface area contributed by atoms with Gasteiger partial charge in [-0.15, -0.1) is 0 Å². The maximum absolute atomic E-state index is 13.2. The minimum Gasteiger partial charge on any atom is -0.375 e. The van der Waals surface area contributed by atoms with E-state index in [4.69, 9.17) is 0 Å². The summed E-state index contributed by atoms with van der Waals surface area (Å²) in [6.07, 6.45) is 3.01. The SMILES string of the molecule is O=C(CC1(O)C(=O)N(CN2CCCCC2)c2ccccc21)c1ccc(F)cc1. The van der Waals surface area contributed by atoms with Crippen molar-refractivity contribution in [1.82, 2.24) is 4.90 Å². The monoisotopic (exact) mass is 382 g/mol. The number of carbonyl (C=O) groups excluding carboxylic acids is 2. The van der Waals surface area contributed by atoms with Crippen molar-refractivity contribution in [2.24, 2.45) is 0 Å². The van der Waals surface area contributed by atoms with Crippen molar-refractivity contribution >= 4 is 17.4 Å². The van der Waals surface area contributed by atoms with E-state index in [1.807, 2.05) is 6.07 Å². The summed E-state index contributed by atoms with van der Waals surface area (Å²) in [5.74, 6) is -1.31. The second kappa shape index (κ2) is 7.45. The fraction of sp³-hybridized carbons (Fsp3) is 0.364. The average Bonchev–Trinajstić information content (AvgIpc) is 2.91. The Morgan fingerprint density at radius 1 is 1.04 bits per heavy atom. The summed E-state index contributed by atoms with van der Waals surface area (Å²) in [6, 6.07) is 12.2. The van der Waals surface area contributed by atoms with Crippen molar-refractivity contribution in [3.8, 4) is 0 Å². The van der Waals surface area contributed by atoms with E-state index in [1.165, 1.54) is 30.7 Å². The molecular formula is C22H23FN2O3. The molecule has 28 heavy (non-hydrogen) atoms. The summed E-state index contributed by atoms with van der Waals surface area (Å²) < 4.78 is 13.1. The highest BCUT2D eigenvalue weighted by Gasteiger charge is 2.51. The zero-order valence-corrected chi connectivity index (χ0v) is 15.6. The normalized spacial score (nSPS) is 22.4. The number of hydrogen-bond donors (Lipinski definition) is 1. The lowest BCUT2D eigenvalue weighted by molar-refractivity contribution is -0.136. The molecule has 2 aromatic carbocycles. The largest absolute Gasteiger partial charge is 0.375 e. The molecule has 6 heteroatoms. The molecule has 1 N–H and O–H groups in total. The van der Waals surface area contributed by atoms with E-state index in [1.54, 1.807) is 23.1 Å². The van der Waals surface area contributed by atoms with Crippen LogP contribution in [0.15, 0.2) is 48.5 Å². The van der Waals surface area contributed by atoms with Crippen LogP contribution in [-0.4, -0.2) is 41.5 Å². The van der Waals surface area contributed by atoms with Crippen molar-refractivity contribution in [3.63, 3.8) is 0 Å². The number of anilines is 1. The molecule has 1 atom stereocenters. The topological polar surface area (TPSA) is 60.9 Å². The van der Waals surface area contributed by atoms with E-state index in [0.29, 0.717) is 17.9 Å². The van der Waals surface area contributed by atoms with Gasteiger partial charge in [0.05, 0.1) is 18.8 Å². The van der Waals surface area contributed by atoms with E-state index in [0.717, 1.165) is 25.9 Å². The number of benzene rings is 2. The predicted octanol–water partition coefficient (Wildman–Crippen LogP) is 3.08. The molecule has 0 bridgehead atoms. The zero-order chi connectivity index (χ0) is 19.7. The number of fused-ring (bicyclic) bond motifs is 1. The smallest absolute Gasteiger partial charge is 0.265 e. The number of halogens is 1. The predicted molar refractivity (Wildman–Crippen MR) is 103 cm³/mol. The van der Waals surface area contributed by atoms with Crippen molar-refractivity contribution in [2.45, 2.75) is 31.3 Å². The molecule has 0 radical (unpaired) electrons. The van der Waals surface area contributed by atoms with Gasteiger partial charge in [0, 0.05) is 11.1 Å². The molecule has 0 saturated carbocycles. The number of hydrogen-bond acceptors (Lipinski definition) is 4. The van der Waals surface area contributed by atoms with E-state index in [2.05, 4.69) is 4.90 Å². The first kappa shape index (κ1) is 18.8. The van der Waals surface area contributed by atoms with E-state index in [9.17, 15) is 19.1 Å². The standard InChI is InChI=1S/C22H23FN2O3/c23-17-10-8-16(9-11-17)20(26)14-22(28)18-6-2-3-7-19(18)25(21(22)27)15-24-12-4-1-5-13-24/h2-3,6-11,28H,1,4-5,12-15H2. The molecule has 1 saturated heterocycles. The number of aliphatic hydroxyl groups is 1. The van der Waals surface area contributed by atoms with Gasteiger partial charge in [0.25, 0.3) is 5.91 Å². The summed E-state index contributed by atoms with van der Waals surface area (Å²) in [5, 5.41) is 11.3. The molecule has 1 fully saturated rings. The Hall–Kier alpha value is -2.57. The summed E-state index contributed by atoms with van der Waals surface area (Å²) >= 11 is 0.